The molecular formula is C26H31N3O7. The second kappa shape index (κ2) is 8.43. The minimum Gasteiger partial charge on any atom is -0.508 e. The largest absolute Gasteiger partial charge is 0.508 e. The van der Waals surface area contributed by atoms with Gasteiger partial charge >= 0.3 is 0 Å². The van der Waals surface area contributed by atoms with Crippen LogP contribution in [0.2, 0.25) is 0 Å². The van der Waals surface area contributed by atoms with E-state index < -0.39 is 58.0 Å². The van der Waals surface area contributed by atoms with E-state index in [1.807, 2.05) is 6.07 Å². The molecule has 6 N–H and O–H groups in total. The van der Waals surface area contributed by atoms with Crippen molar-refractivity contribution in [3.8, 4) is 5.75 Å². The predicted octanol–water partition coefficient (Wildman–Crippen LogP) is 0.560. The van der Waals surface area contributed by atoms with Crippen LogP contribution in [0, 0.1) is 11.8 Å². The van der Waals surface area contributed by atoms with E-state index in [2.05, 4.69) is 4.90 Å². The number of hydrogen-bond donors (Lipinski definition) is 5. The highest BCUT2D eigenvalue weighted by Gasteiger charge is 2.64. The molecule has 5 rings (SSSR count). The Morgan fingerprint density at radius 1 is 1.17 bits per heavy atom. The molecule has 3 aliphatic carbocycles. The van der Waals surface area contributed by atoms with Crippen LogP contribution in [0.1, 0.15) is 36.0 Å². The molecule has 1 saturated carbocycles. The summed E-state index contributed by atoms with van der Waals surface area (Å²) in [6.07, 6.45) is 2.62. The Hall–Kier alpha value is -3.21. The van der Waals surface area contributed by atoms with Crippen LogP contribution in [0.3, 0.4) is 0 Å². The molecule has 0 aromatic heterocycles. The number of Topliss-reactive ketones (excluding diaryl/α,β-unsaturated/α-hetero) is 2. The standard InChI is InChI=1S/C26H31N3O7/c1-28(2)20-15-10-13-9-14-12(11-29-7-3-4-8-29)5-6-16(30)18(14)21(31)17(13)23(33)26(15,36)24(34)19(22(20)32)25(27)35/h5-6,13,15,20,30-31,34,36H,3-4,7-11H2,1-2H3,(H2,27,35)/t13-,15-,20?,26-/m0/s1. The molecular weight excluding hydrogens is 466 g/mol. The van der Waals surface area contributed by atoms with Crippen LogP contribution in [-0.2, 0) is 27.3 Å². The van der Waals surface area contributed by atoms with Gasteiger partial charge in [0.15, 0.2) is 11.4 Å². The number of carbonyl (C=O) groups is 3. The Bertz CT molecular complexity index is 1240. The van der Waals surface area contributed by atoms with Gasteiger partial charge in [-0.25, -0.2) is 0 Å². The molecule has 10 nitrogen and oxygen atoms in total. The van der Waals surface area contributed by atoms with Crippen LogP contribution < -0.4 is 5.73 Å². The Balaban J connectivity index is 1.67. The number of carbonyl (C=O) groups excluding carboxylic acids is 3. The first kappa shape index (κ1) is 24.5. The summed E-state index contributed by atoms with van der Waals surface area (Å²) in [5.74, 6) is -6.36. The van der Waals surface area contributed by atoms with Crippen molar-refractivity contribution in [2.45, 2.75) is 43.9 Å². The fraction of sp³-hybridized carbons (Fsp3) is 0.500. The highest BCUT2D eigenvalue weighted by atomic mass is 16.3. The summed E-state index contributed by atoms with van der Waals surface area (Å²) in [5.41, 5.74) is 3.59. The van der Waals surface area contributed by atoms with Crippen molar-refractivity contribution in [1.82, 2.24) is 9.80 Å². The topological polar surface area (TPSA) is 165 Å². The molecule has 0 spiro atoms. The monoisotopic (exact) mass is 497 g/mol. The minimum atomic E-state index is -2.62. The van der Waals surface area contributed by atoms with Gasteiger partial charge in [-0.15, -0.1) is 0 Å². The number of likely N-dealkylation sites (tertiary alicyclic amines) is 1. The number of aromatic hydroxyl groups is 1. The van der Waals surface area contributed by atoms with Gasteiger partial charge in [-0.1, -0.05) is 6.07 Å². The van der Waals surface area contributed by atoms with Crippen LogP contribution in [0.25, 0.3) is 5.76 Å². The fourth-order valence-electron chi connectivity index (χ4n) is 6.64. The van der Waals surface area contributed by atoms with Gasteiger partial charge in [-0.2, -0.15) is 0 Å². The van der Waals surface area contributed by atoms with Crippen molar-refractivity contribution in [3.63, 3.8) is 0 Å². The van der Waals surface area contributed by atoms with E-state index in [9.17, 15) is 34.8 Å². The van der Waals surface area contributed by atoms with E-state index in [0.29, 0.717) is 13.0 Å². The molecule has 4 atom stereocenters. The van der Waals surface area contributed by atoms with E-state index in [4.69, 9.17) is 5.73 Å². The van der Waals surface area contributed by atoms with Gasteiger partial charge in [0.05, 0.1) is 11.6 Å². The SMILES string of the molecule is CN(C)C1C(=O)C(C(N)=O)=C(O)[C@@]2(O)C(=O)C3=C(O)c4c(O)ccc(CN5CCCC5)c4C[C@H]3C[C@@H]12. The van der Waals surface area contributed by atoms with Crippen molar-refractivity contribution >= 4 is 23.2 Å². The molecule has 1 saturated heterocycles. The number of benzene rings is 1. The molecule has 10 heteroatoms. The molecule has 1 aliphatic heterocycles. The molecule has 1 amide bonds. The lowest BCUT2D eigenvalue weighted by atomic mass is 9.57. The Labute approximate surface area is 208 Å². The summed E-state index contributed by atoms with van der Waals surface area (Å²) in [4.78, 5) is 42.8. The normalized spacial score (nSPS) is 30.5. The van der Waals surface area contributed by atoms with Gasteiger partial charge in [0.25, 0.3) is 5.91 Å². The Morgan fingerprint density at radius 2 is 1.83 bits per heavy atom. The molecule has 0 bridgehead atoms. The van der Waals surface area contributed by atoms with Crippen LogP contribution in [0.5, 0.6) is 5.75 Å². The maximum absolute atomic E-state index is 13.8. The molecule has 1 aromatic rings. The van der Waals surface area contributed by atoms with Crippen LogP contribution >= 0.6 is 0 Å². The maximum Gasteiger partial charge on any atom is 0.255 e. The highest BCUT2D eigenvalue weighted by Crippen LogP contribution is 2.53. The summed E-state index contributed by atoms with van der Waals surface area (Å²) in [5, 5.41) is 44.5. The number of ketones is 2. The fourth-order valence-corrected chi connectivity index (χ4v) is 6.64. The zero-order chi connectivity index (χ0) is 26.1. The van der Waals surface area contributed by atoms with Gasteiger partial charge in [-0.3, -0.25) is 24.2 Å². The van der Waals surface area contributed by atoms with Gasteiger partial charge in [-0.05, 0) is 76.0 Å². The van der Waals surface area contributed by atoms with Crippen LogP contribution in [0.4, 0.5) is 0 Å². The van der Waals surface area contributed by atoms with E-state index in [1.54, 1.807) is 14.1 Å². The zero-order valence-electron chi connectivity index (χ0n) is 20.3. The van der Waals surface area contributed by atoms with Crippen molar-refractivity contribution in [1.29, 1.82) is 0 Å². The Kier molecular flexibility index (Phi) is 5.73. The van der Waals surface area contributed by atoms with E-state index >= 15 is 0 Å². The number of fused-ring (bicyclic) bond motifs is 3. The lowest BCUT2D eigenvalue weighted by Crippen LogP contribution is -2.65. The summed E-state index contributed by atoms with van der Waals surface area (Å²) < 4.78 is 0. The van der Waals surface area contributed by atoms with Crippen LogP contribution in [-0.4, -0.2) is 86.5 Å². The van der Waals surface area contributed by atoms with Crippen molar-refractivity contribution in [2.75, 3.05) is 27.2 Å². The summed E-state index contributed by atoms with van der Waals surface area (Å²) in [7, 11) is 3.17. The molecule has 4 aliphatic rings. The van der Waals surface area contributed by atoms with Crippen molar-refractivity contribution in [2.24, 2.45) is 17.6 Å². The second-order valence-corrected chi connectivity index (χ2v) is 10.5. The Morgan fingerprint density at radius 3 is 2.44 bits per heavy atom. The summed E-state index contributed by atoms with van der Waals surface area (Å²) >= 11 is 0. The molecule has 192 valence electrons. The average Bonchev–Trinajstić information content (AvgIpc) is 3.31. The lowest BCUT2D eigenvalue weighted by molar-refractivity contribution is -0.153. The van der Waals surface area contributed by atoms with E-state index in [-0.39, 0.29) is 23.3 Å². The maximum atomic E-state index is 13.8. The number of phenols is 1. The number of likely N-dealkylation sites (N-methyl/N-ethyl adjacent to an activating group) is 1. The van der Waals surface area contributed by atoms with Gasteiger partial charge in [0.2, 0.25) is 5.78 Å². The third-order valence-corrected chi connectivity index (χ3v) is 8.29. The first-order valence-corrected chi connectivity index (χ1v) is 12.2. The van der Waals surface area contributed by atoms with Crippen LogP contribution in [0.15, 0.2) is 29.0 Å². The number of aliphatic hydroxyl groups excluding tert-OH is 2. The quantitative estimate of drug-likeness (QED) is 0.374. The number of rotatable bonds is 4. The number of amides is 1. The molecule has 1 heterocycles. The summed E-state index contributed by atoms with van der Waals surface area (Å²) in [6.45, 7) is 2.56. The van der Waals surface area contributed by atoms with E-state index in [1.165, 1.54) is 11.0 Å². The van der Waals surface area contributed by atoms with Crippen molar-refractivity contribution < 1.29 is 34.8 Å². The number of nitrogens with two attached hydrogens (primary N) is 1. The van der Waals surface area contributed by atoms with E-state index in [0.717, 1.165) is 37.1 Å². The van der Waals surface area contributed by atoms with Gasteiger partial charge in [0, 0.05) is 18.0 Å². The first-order chi connectivity index (χ1) is 17.0. The number of phenolic OH excluding ortho intramolecular Hbond substituents is 1. The smallest absolute Gasteiger partial charge is 0.255 e. The third kappa shape index (κ3) is 3.31. The average molecular weight is 498 g/mol. The highest BCUT2D eigenvalue weighted by molar-refractivity contribution is 6.24. The molecule has 1 aromatic carbocycles. The lowest BCUT2D eigenvalue weighted by Gasteiger charge is -2.50. The zero-order valence-corrected chi connectivity index (χ0v) is 20.3. The molecule has 0 radical (unpaired) electrons. The third-order valence-electron chi connectivity index (χ3n) is 8.29. The summed E-state index contributed by atoms with van der Waals surface area (Å²) in [6, 6.07) is 2.22. The van der Waals surface area contributed by atoms with Gasteiger partial charge in [0.1, 0.15) is 22.8 Å². The number of aliphatic hydroxyl groups is 3. The molecule has 1 unspecified atom stereocenters. The van der Waals surface area contributed by atoms with Crippen molar-refractivity contribution in [3.05, 3.63) is 45.7 Å². The van der Waals surface area contributed by atoms with Gasteiger partial charge < -0.3 is 26.2 Å². The number of hydrogen-bond acceptors (Lipinski definition) is 9. The number of nitrogens with zero attached hydrogens (tertiary/aromatic N) is 2. The second-order valence-electron chi connectivity index (χ2n) is 10.5. The first-order valence-electron chi connectivity index (χ1n) is 12.2. The minimum absolute atomic E-state index is 0.0879. The molecule has 2 fully saturated rings. The molecule has 36 heavy (non-hydrogen) atoms. The number of primary amides is 1. The predicted molar refractivity (Wildman–Crippen MR) is 129 cm³/mol.